The van der Waals surface area contributed by atoms with Gasteiger partial charge in [-0.1, -0.05) is 60.2 Å². The summed E-state index contributed by atoms with van der Waals surface area (Å²) < 4.78 is 0. The predicted molar refractivity (Wildman–Crippen MR) is 86.2 cm³/mol. The number of amides is 2. The molecule has 0 heterocycles. The largest absolute Gasteiger partial charge is 0.350 e. The van der Waals surface area contributed by atoms with E-state index >= 15 is 0 Å². The van der Waals surface area contributed by atoms with Crippen LogP contribution in [-0.4, -0.2) is 18.4 Å². The zero-order valence-corrected chi connectivity index (χ0v) is 12.6. The van der Waals surface area contributed by atoms with Gasteiger partial charge >= 0.3 is 0 Å². The van der Waals surface area contributed by atoms with Crippen molar-refractivity contribution in [3.8, 4) is 0 Å². The number of nitrogens with one attached hydrogen (secondary N) is 2. The molecule has 0 unspecified atom stereocenters. The molecule has 0 bridgehead atoms. The summed E-state index contributed by atoms with van der Waals surface area (Å²) in [5.41, 5.74) is 3.15. The molecule has 2 amide bonds. The second-order valence-electron chi connectivity index (χ2n) is 5.20. The van der Waals surface area contributed by atoms with Gasteiger partial charge in [0.1, 0.15) is 0 Å². The van der Waals surface area contributed by atoms with Gasteiger partial charge in [-0.05, 0) is 18.1 Å². The zero-order valence-electron chi connectivity index (χ0n) is 12.6. The fraction of sp³-hybridized carbons (Fsp3) is 0.222. The van der Waals surface area contributed by atoms with Gasteiger partial charge in [-0.2, -0.15) is 0 Å². The van der Waals surface area contributed by atoms with Crippen molar-refractivity contribution in [2.75, 3.05) is 6.54 Å². The van der Waals surface area contributed by atoms with Gasteiger partial charge in [0.15, 0.2) is 0 Å². The quantitative estimate of drug-likeness (QED) is 0.856. The Hall–Kier alpha value is -2.62. The van der Waals surface area contributed by atoms with Crippen LogP contribution in [0.4, 0.5) is 0 Å². The molecule has 0 spiro atoms. The molecule has 2 aromatic rings. The van der Waals surface area contributed by atoms with Gasteiger partial charge in [0.25, 0.3) is 0 Å². The molecular formula is C18H20N2O2. The summed E-state index contributed by atoms with van der Waals surface area (Å²) in [6.07, 6.45) is 0.284. The molecular weight excluding hydrogens is 276 g/mol. The van der Waals surface area contributed by atoms with Crippen molar-refractivity contribution in [1.29, 1.82) is 0 Å². The molecule has 0 aliphatic carbocycles. The second-order valence-corrected chi connectivity index (χ2v) is 5.20. The average Bonchev–Trinajstić information content (AvgIpc) is 2.53. The molecule has 4 nitrogen and oxygen atoms in total. The molecule has 2 aromatic carbocycles. The summed E-state index contributed by atoms with van der Waals surface area (Å²) in [4.78, 5) is 23.5. The Morgan fingerprint density at radius 1 is 0.818 bits per heavy atom. The summed E-state index contributed by atoms with van der Waals surface area (Å²) >= 11 is 0. The topological polar surface area (TPSA) is 58.2 Å². The third-order valence-electron chi connectivity index (χ3n) is 3.26. The van der Waals surface area contributed by atoms with Crippen molar-refractivity contribution in [3.05, 3.63) is 71.3 Å². The van der Waals surface area contributed by atoms with Gasteiger partial charge in [0.05, 0.1) is 13.0 Å². The first kappa shape index (κ1) is 15.8. The van der Waals surface area contributed by atoms with E-state index in [-0.39, 0.29) is 24.8 Å². The Morgan fingerprint density at radius 3 is 2.18 bits per heavy atom. The maximum Gasteiger partial charge on any atom is 0.239 e. The van der Waals surface area contributed by atoms with Crippen LogP contribution >= 0.6 is 0 Å². The van der Waals surface area contributed by atoms with E-state index in [2.05, 4.69) is 10.6 Å². The van der Waals surface area contributed by atoms with E-state index in [1.54, 1.807) is 0 Å². The minimum Gasteiger partial charge on any atom is -0.350 e. The summed E-state index contributed by atoms with van der Waals surface area (Å²) in [7, 11) is 0. The van der Waals surface area contributed by atoms with Crippen LogP contribution in [0, 0.1) is 6.92 Å². The lowest BCUT2D eigenvalue weighted by molar-refractivity contribution is -0.125. The van der Waals surface area contributed by atoms with Crippen molar-refractivity contribution < 1.29 is 9.59 Å². The highest BCUT2D eigenvalue weighted by atomic mass is 16.2. The standard InChI is InChI=1S/C18H20N2O2/c1-14-7-9-16(10-8-14)12-19-18(22)13-20-17(21)11-15-5-3-2-4-6-15/h2-10H,11-13H2,1H3,(H,19,22)(H,20,21). The average molecular weight is 296 g/mol. The third-order valence-corrected chi connectivity index (χ3v) is 3.26. The monoisotopic (exact) mass is 296 g/mol. The molecule has 0 saturated carbocycles. The number of carbonyl (C=O) groups excluding carboxylic acids is 2. The molecule has 0 atom stereocenters. The Balaban J connectivity index is 1.69. The SMILES string of the molecule is Cc1ccc(CNC(=O)CNC(=O)Cc2ccccc2)cc1. The number of carbonyl (C=O) groups is 2. The minimum atomic E-state index is -0.193. The van der Waals surface area contributed by atoms with Gasteiger partial charge < -0.3 is 10.6 Å². The van der Waals surface area contributed by atoms with E-state index in [4.69, 9.17) is 0 Å². The first-order valence-corrected chi connectivity index (χ1v) is 7.26. The van der Waals surface area contributed by atoms with Crippen LogP contribution in [-0.2, 0) is 22.6 Å². The van der Waals surface area contributed by atoms with Gasteiger partial charge in [0.2, 0.25) is 11.8 Å². The van der Waals surface area contributed by atoms with Gasteiger partial charge in [-0.15, -0.1) is 0 Å². The molecule has 4 heteroatoms. The Labute approximate surface area is 130 Å². The maximum absolute atomic E-state index is 11.7. The predicted octanol–water partition coefficient (Wildman–Crippen LogP) is 1.97. The number of hydrogen-bond acceptors (Lipinski definition) is 2. The highest BCUT2D eigenvalue weighted by Crippen LogP contribution is 2.02. The summed E-state index contributed by atoms with van der Waals surface area (Å²) in [6, 6.07) is 17.4. The van der Waals surface area contributed by atoms with Gasteiger partial charge in [-0.3, -0.25) is 9.59 Å². The van der Waals surface area contributed by atoms with Crippen molar-refractivity contribution in [3.63, 3.8) is 0 Å². The fourth-order valence-electron chi connectivity index (χ4n) is 1.99. The minimum absolute atomic E-state index is 0.00245. The highest BCUT2D eigenvalue weighted by Gasteiger charge is 2.06. The van der Waals surface area contributed by atoms with Crippen LogP contribution in [0.3, 0.4) is 0 Å². The summed E-state index contributed by atoms with van der Waals surface area (Å²) in [6.45, 7) is 2.48. The normalized spacial score (nSPS) is 10.0. The molecule has 22 heavy (non-hydrogen) atoms. The van der Waals surface area contributed by atoms with Crippen molar-refractivity contribution in [2.45, 2.75) is 19.9 Å². The first-order valence-electron chi connectivity index (χ1n) is 7.26. The Kier molecular flexibility index (Phi) is 5.72. The Bertz CT molecular complexity index is 621. The van der Waals surface area contributed by atoms with Crippen molar-refractivity contribution >= 4 is 11.8 Å². The highest BCUT2D eigenvalue weighted by molar-refractivity contribution is 5.85. The Morgan fingerprint density at radius 2 is 1.50 bits per heavy atom. The number of rotatable bonds is 6. The lowest BCUT2D eigenvalue weighted by Crippen LogP contribution is -2.37. The van der Waals surface area contributed by atoms with E-state index in [1.807, 2.05) is 61.5 Å². The van der Waals surface area contributed by atoms with E-state index < -0.39 is 0 Å². The molecule has 2 rings (SSSR count). The smallest absolute Gasteiger partial charge is 0.239 e. The molecule has 0 fully saturated rings. The maximum atomic E-state index is 11.7. The first-order chi connectivity index (χ1) is 10.6. The molecule has 2 N–H and O–H groups in total. The van der Waals surface area contributed by atoms with Crippen LogP contribution in [0.5, 0.6) is 0 Å². The van der Waals surface area contributed by atoms with Crippen molar-refractivity contribution in [2.24, 2.45) is 0 Å². The lowest BCUT2D eigenvalue weighted by Gasteiger charge is -2.07. The van der Waals surface area contributed by atoms with E-state index in [0.29, 0.717) is 6.54 Å². The van der Waals surface area contributed by atoms with Crippen molar-refractivity contribution in [1.82, 2.24) is 10.6 Å². The van der Waals surface area contributed by atoms with E-state index in [0.717, 1.165) is 11.1 Å². The summed E-state index contributed by atoms with van der Waals surface area (Å²) in [5, 5.41) is 5.41. The molecule has 0 aromatic heterocycles. The number of hydrogen-bond donors (Lipinski definition) is 2. The van der Waals surface area contributed by atoms with Crippen LogP contribution in [0.2, 0.25) is 0 Å². The zero-order chi connectivity index (χ0) is 15.8. The molecule has 0 aliphatic rings. The lowest BCUT2D eigenvalue weighted by atomic mass is 10.1. The number of benzene rings is 2. The van der Waals surface area contributed by atoms with Gasteiger partial charge in [0, 0.05) is 6.54 Å². The van der Waals surface area contributed by atoms with E-state index in [9.17, 15) is 9.59 Å². The summed E-state index contributed by atoms with van der Waals surface area (Å²) in [5.74, 6) is -0.348. The van der Waals surface area contributed by atoms with Crippen LogP contribution in [0.15, 0.2) is 54.6 Å². The third kappa shape index (κ3) is 5.40. The van der Waals surface area contributed by atoms with Crippen LogP contribution in [0.1, 0.15) is 16.7 Å². The number of aryl methyl sites for hydroxylation is 1. The van der Waals surface area contributed by atoms with Crippen LogP contribution < -0.4 is 10.6 Å². The van der Waals surface area contributed by atoms with E-state index in [1.165, 1.54) is 5.56 Å². The second kappa shape index (κ2) is 7.98. The van der Waals surface area contributed by atoms with Crippen LogP contribution in [0.25, 0.3) is 0 Å². The fourth-order valence-corrected chi connectivity index (χ4v) is 1.99. The molecule has 0 aliphatic heterocycles. The molecule has 114 valence electrons. The van der Waals surface area contributed by atoms with Gasteiger partial charge in [-0.25, -0.2) is 0 Å². The molecule has 0 saturated heterocycles. The molecule has 0 radical (unpaired) electrons.